The minimum atomic E-state index is 0.609. The van der Waals surface area contributed by atoms with Crippen molar-refractivity contribution in [2.75, 3.05) is 0 Å². The molecule has 0 amide bonds. The fourth-order valence-electron chi connectivity index (χ4n) is 1.78. The first-order valence-electron chi connectivity index (χ1n) is 5.13. The molecule has 0 N–H and O–H groups in total. The van der Waals surface area contributed by atoms with Gasteiger partial charge in [0.25, 0.3) is 0 Å². The van der Waals surface area contributed by atoms with E-state index in [2.05, 4.69) is 14.8 Å². The van der Waals surface area contributed by atoms with E-state index < -0.39 is 0 Å². The highest BCUT2D eigenvalue weighted by Crippen LogP contribution is 2.22. The molecule has 4 nitrogen and oxygen atoms in total. The van der Waals surface area contributed by atoms with Gasteiger partial charge in [0.15, 0.2) is 5.69 Å². The molecule has 4 heteroatoms. The maximum absolute atomic E-state index is 6.97. The Kier molecular flexibility index (Phi) is 2.09. The van der Waals surface area contributed by atoms with E-state index >= 15 is 0 Å². The molecule has 0 aliphatic carbocycles. The molecule has 0 atom stereocenters. The fraction of sp³-hybridized carbons (Fsp3) is 0. The van der Waals surface area contributed by atoms with Crippen molar-refractivity contribution in [3.05, 3.63) is 60.5 Å². The summed E-state index contributed by atoms with van der Waals surface area (Å²) in [4.78, 5) is 11.7. The van der Waals surface area contributed by atoms with Gasteiger partial charge in [-0.15, -0.1) is 0 Å². The van der Waals surface area contributed by atoms with Crippen LogP contribution in [0.5, 0.6) is 0 Å². The first-order valence-corrected chi connectivity index (χ1v) is 5.13. The van der Waals surface area contributed by atoms with Gasteiger partial charge in [0.2, 0.25) is 0 Å². The molecule has 0 saturated heterocycles. The number of pyridine rings is 1. The summed E-state index contributed by atoms with van der Waals surface area (Å²) in [5, 5.41) is 0. The van der Waals surface area contributed by atoms with Crippen molar-refractivity contribution >= 4 is 16.7 Å². The van der Waals surface area contributed by atoms with Crippen molar-refractivity contribution < 1.29 is 0 Å². The molecular weight excluding hydrogens is 212 g/mol. The Hall–Kier alpha value is -2.67. The molecule has 0 aliphatic heterocycles. The van der Waals surface area contributed by atoms with E-state index in [-0.39, 0.29) is 0 Å². The smallest absolute Gasteiger partial charge is 0.189 e. The molecule has 0 radical (unpaired) electrons. The van der Waals surface area contributed by atoms with Crippen LogP contribution < -0.4 is 0 Å². The third-order valence-corrected chi connectivity index (χ3v) is 2.60. The number of aromatic nitrogens is 3. The van der Waals surface area contributed by atoms with Gasteiger partial charge in [-0.05, 0) is 24.3 Å². The highest BCUT2D eigenvalue weighted by atomic mass is 15.0. The Labute approximate surface area is 98.0 Å². The highest BCUT2D eigenvalue weighted by Gasteiger charge is 2.04. The van der Waals surface area contributed by atoms with Crippen LogP contribution in [0.3, 0.4) is 0 Å². The van der Waals surface area contributed by atoms with Crippen LogP contribution in [0.15, 0.2) is 49.1 Å². The van der Waals surface area contributed by atoms with Gasteiger partial charge in [0.05, 0.1) is 23.3 Å². The Morgan fingerprint density at radius 2 is 1.94 bits per heavy atom. The Balaban J connectivity index is 2.23. The fourth-order valence-corrected chi connectivity index (χ4v) is 1.78. The number of fused-ring (bicyclic) bond motifs is 1. The molecule has 3 aromatic rings. The lowest BCUT2D eigenvalue weighted by Gasteiger charge is -2.02. The lowest BCUT2D eigenvalue weighted by molar-refractivity contribution is 1.08. The third kappa shape index (κ3) is 1.54. The molecule has 0 saturated carbocycles. The lowest BCUT2D eigenvalue weighted by Crippen LogP contribution is -1.91. The normalized spacial score (nSPS) is 10.3. The number of rotatable bonds is 1. The minimum absolute atomic E-state index is 0.609. The third-order valence-electron chi connectivity index (χ3n) is 2.60. The van der Waals surface area contributed by atoms with Gasteiger partial charge in [0, 0.05) is 12.4 Å². The van der Waals surface area contributed by atoms with E-state index in [0.29, 0.717) is 5.69 Å². The lowest BCUT2D eigenvalue weighted by atomic mass is 10.2. The van der Waals surface area contributed by atoms with E-state index in [9.17, 15) is 0 Å². The summed E-state index contributed by atoms with van der Waals surface area (Å²) in [7, 11) is 0. The maximum atomic E-state index is 6.97. The van der Waals surface area contributed by atoms with Gasteiger partial charge in [-0.3, -0.25) is 9.55 Å². The van der Waals surface area contributed by atoms with Gasteiger partial charge in [0.1, 0.15) is 6.33 Å². The SMILES string of the molecule is [C-]#[N+]c1ccc2c(c1)ncn2-c1ccncc1. The molecule has 0 spiro atoms. The Bertz CT molecular complexity index is 707. The van der Waals surface area contributed by atoms with Crippen LogP contribution >= 0.6 is 0 Å². The zero-order valence-electron chi connectivity index (χ0n) is 8.91. The molecule has 2 aromatic heterocycles. The summed E-state index contributed by atoms with van der Waals surface area (Å²) in [6, 6.07) is 9.35. The van der Waals surface area contributed by atoms with Crippen LogP contribution in [0.4, 0.5) is 5.69 Å². The van der Waals surface area contributed by atoms with Crippen molar-refractivity contribution in [3.8, 4) is 5.69 Å². The van der Waals surface area contributed by atoms with Crippen molar-refractivity contribution in [1.29, 1.82) is 0 Å². The number of hydrogen-bond acceptors (Lipinski definition) is 2. The molecular formula is C13H8N4. The quantitative estimate of drug-likeness (QED) is 0.591. The Morgan fingerprint density at radius 1 is 1.12 bits per heavy atom. The summed E-state index contributed by atoms with van der Waals surface area (Å²) in [6.45, 7) is 6.97. The van der Waals surface area contributed by atoms with E-state index in [1.54, 1.807) is 30.9 Å². The number of hydrogen-bond donors (Lipinski definition) is 0. The molecule has 17 heavy (non-hydrogen) atoms. The molecule has 0 fully saturated rings. The average molecular weight is 220 g/mol. The molecule has 0 unspecified atom stereocenters. The summed E-state index contributed by atoms with van der Waals surface area (Å²) >= 11 is 0. The summed E-state index contributed by atoms with van der Waals surface area (Å²) in [5.41, 5.74) is 3.44. The van der Waals surface area contributed by atoms with Crippen molar-refractivity contribution in [2.45, 2.75) is 0 Å². The summed E-state index contributed by atoms with van der Waals surface area (Å²) in [6.07, 6.45) is 5.25. The second-order valence-electron chi connectivity index (χ2n) is 3.60. The average Bonchev–Trinajstić information content (AvgIpc) is 2.82. The van der Waals surface area contributed by atoms with Crippen LogP contribution in [0.2, 0.25) is 0 Å². The number of nitrogens with zero attached hydrogens (tertiary/aromatic N) is 4. The van der Waals surface area contributed by atoms with Crippen molar-refractivity contribution in [1.82, 2.24) is 14.5 Å². The van der Waals surface area contributed by atoms with Gasteiger partial charge < -0.3 is 0 Å². The van der Waals surface area contributed by atoms with Crippen LogP contribution in [0, 0.1) is 6.57 Å². The van der Waals surface area contributed by atoms with Gasteiger partial charge in [-0.1, -0.05) is 6.07 Å². The molecule has 0 bridgehead atoms. The Morgan fingerprint density at radius 3 is 2.71 bits per heavy atom. The minimum Gasteiger partial charge on any atom is -0.299 e. The van der Waals surface area contributed by atoms with Crippen molar-refractivity contribution in [3.63, 3.8) is 0 Å². The van der Waals surface area contributed by atoms with Crippen molar-refractivity contribution in [2.24, 2.45) is 0 Å². The summed E-state index contributed by atoms with van der Waals surface area (Å²) < 4.78 is 1.98. The molecule has 3 rings (SSSR count). The van der Waals surface area contributed by atoms with Gasteiger partial charge in [-0.25, -0.2) is 9.83 Å². The number of imidazole rings is 1. The first kappa shape index (κ1) is 9.55. The van der Waals surface area contributed by atoms with E-state index in [1.807, 2.05) is 22.8 Å². The largest absolute Gasteiger partial charge is 0.299 e. The monoisotopic (exact) mass is 220 g/mol. The number of benzene rings is 1. The first-order chi connectivity index (χ1) is 8.38. The topological polar surface area (TPSA) is 35.1 Å². The molecule has 1 aromatic carbocycles. The maximum Gasteiger partial charge on any atom is 0.189 e. The molecule has 0 aliphatic rings. The van der Waals surface area contributed by atoms with Gasteiger partial charge >= 0.3 is 0 Å². The zero-order valence-corrected chi connectivity index (χ0v) is 8.91. The summed E-state index contributed by atoms with van der Waals surface area (Å²) in [5.74, 6) is 0. The standard InChI is InChI=1S/C13H8N4/c1-14-10-2-3-13-12(8-10)16-9-17(13)11-4-6-15-7-5-11/h2-9H. The van der Waals surface area contributed by atoms with E-state index in [0.717, 1.165) is 16.7 Å². The highest BCUT2D eigenvalue weighted by molar-refractivity contribution is 5.81. The molecule has 2 heterocycles. The molecule has 80 valence electrons. The van der Waals surface area contributed by atoms with Gasteiger partial charge in [-0.2, -0.15) is 0 Å². The van der Waals surface area contributed by atoms with Crippen LogP contribution in [0.25, 0.3) is 21.6 Å². The predicted octanol–water partition coefficient (Wildman–Crippen LogP) is 2.97. The van der Waals surface area contributed by atoms with Crippen LogP contribution in [-0.4, -0.2) is 14.5 Å². The predicted molar refractivity (Wildman–Crippen MR) is 65.1 cm³/mol. The second kappa shape index (κ2) is 3.72. The van der Waals surface area contributed by atoms with E-state index in [4.69, 9.17) is 6.57 Å². The van der Waals surface area contributed by atoms with Crippen LogP contribution in [0.1, 0.15) is 0 Å². The zero-order chi connectivity index (χ0) is 11.7. The van der Waals surface area contributed by atoms with E-state index in [1.165, 1.54) is 0 Å². The van der Waals surface area contributed by atoms with Crippen LogP contribution in [-0.2, 0) is 0 Å². The second-order valence-corrected chi connectivity index (χ2v) is 3.60.